The van der Waals surface area contributed by atoms with Gasteiger partial charge < -0.3 is 82.9 Å². The van der Waals surface area contributed by atoms with Crippen molar-refractivity contribution in [2.75, 3.05) is 234 Å². The smallest absolute Gasteiger partial charge is 0.410 e. The summed E-state index contributed by atoms with van der Waals surface area (Å²) in [5, 5.41) is 10.1. The van der Waals surface area contributed by atoms with Crippen molar-refractivity contribution in [3.63, 3.8) is 0 Å². The first-order valence-corrected chi connectivity index (χ1v) is 46.7. The molecule has 16 aliphatic heterocycles. The number of nitrogens with zero attached hydrogens (tertiary/aromatic N) is 18. The zero-order valence-electron chi connectivity index (χ0n) is 76.9. The zero-order chi connectivity index (χ0) is 86.3. The standard InChI is InChI=1S/C13H22N4.2C12H22N2O2.2C11H20N2O2.C10H19N3O.C10H18N2O2.C9H17N3O/c1-16-9-5-11(6-10-16)17-8-2-3-13(17)12-4-7-14-15-12;2*1-9(2)11-8-16-12(15)14(11)10-4-6-13(3)7-5-10;2*1-3-9-8-15-11(14)13(9)10-4-6-12(2)7-5-10;1-11-5-3-9(4-6-11)13-8-7-12(2)10(13)14;1-8-7-14-10(13)12(8)9-3-5-11(2)6-4-9;1-11-5-2-8(3-6-11)12-7-4-10-9(12)13/h4,7,11,13H,2-3,5-6,8-10H2,1H3,(H,14,15);2*9-11H,4-8H2,1-3H3;2*9-10H,3-8H2,1-2H3;9H,3-8H2,1-2H3;8-9H,3-7H2,1-2H3;8H,2-7H2,1H3,(H,10,13)/t;2*11-;2*9-;;8-;/m.1010.0./s1. The van der Waals surface area contributed by atoms with E-state index in [1.54, 1.807) is 0 Å². The van der Waals surface area contributed by atoms with Crippen LogP contribution in [0.1, 0.15) is 189 Å². The van der Waals surface area contributed by atoms with Crippen molar-refractivity contribution in [1.82, 2.24) is 98.8 Å². The Morgan fingerprint density at radius 2 is 0.692 bits per heavy atom. The van der Waals surface area contributed by atoms with Crippen LogP contribution < -0.4 is 5.32 Å². The molecule has 1 aromatic rings. The number of likely N-dealkylation sites (N-methyl/N-ethyl adjacent to an activating group) is 1. The molecule has 6 atom stereocenters. The van der Waals surface area contributed by atoms with Crippen LogP contribution in [0.5, 0.6) is 0 Å². The number of aromatic amines is 1. The molecule has 1 aromatic heterocycles. The molecule has 16 saturated heterocycles. The number of hydrogen-bond acceptors (Lipinski definition) is 22. The van der Waals surface area contributed by atoms with E-state index in [4.69, 9.17) is 23.7 Å². The van der Waals surface area contributed by atoms with Crippen LogP contribution >= 0.6 is 0 Å². The molecule has 32 nitrogen and oxygen atoms in total. The molecule has 32 heteroatoms. The monoisotopic (exact) mass is 1690 g/mol. The molecule has 0 spiro atoms. The largest absolute Gasteiger partial charge is 0.447 e. The van der Waals surface area contributed by atoms with E-state index in [1.165, 1.54) is 51.0 Å². The van der Waals surface area contributed by atoms with Crippen molar-refractivity contribution >= 4 is 42.5 Å². The first-order chi connectivity index (χ1) is 57.6. The summed E-state index contributed by atoms with van der Waals surface area (Å²) in [6, 6.07) is 8.26. The molecular formula is C88H160N20O12. The molecule has 16 aliphatic rings. The highest BCUT2D eigenvalue weighted by Crippen LogP contribution is 2.37. The molecule has 2 N–H and O–H groups in total. The number of carbonyl (C=O) groups excluding carboxylic acids is 7. The summed E-state index contributed by atoms with van der Waals surface area (Å²) in [6.45, 7) is 40.4. The Kier molecular flexibility index (Phi) is 37.7. The van der Waals surface area contributed by atoms with Crippen LogP contribution in [-0.2, 0) is 23.7 Å². The molecule has 0 aromatic carbocycles. The molecule has 684 valence electrons. The molecule has 0 bridgehead atoms. The number of carbonyl (C=O) groups is 7. The van der Waals surface area contributed by atoms with Gasteiger partial charge in [-0.1, -0.05) is 41.5 Å². The van der Waals surface area contributed by atoms with Gasteiger partial charge in [0.1, 0.15) is 33.0 Å². The number of nitrogens with one attached hydrogen (secondary N) is 2. The highest BCUT2D eigenvalue weighted by molar-refractivity contribution is 5.77. The Bertz CT molecular complexity index is 3130. The van der Waals surface area contributed by atoms with Gasteiger partial charge in [0.2, 0.25) is 0 Å². The number of cyclic esters (lactones) is 5. The Balaban J connectivity index is 0.000000144. The second-order valence-electron chi connectivity index (χ2n) is 38.0. The maximum absolute atomic E-state index is 11.8. The lowest BCUT2D eigenvalue weighted by molar-refractivity contribution is 0.106. The fourth-order valence-electron chi connectivity index (χ4n) is 20.4. The van der Waals surface area contributed by atoms with Crippen LogP contribution in [0.15, 0.2) is 12.3 Å². The van der Waals surface area contributed by atoms with Crippen molar-refractivity contribution in [2.24, 2.45) is 11.8 Å². The van der Waals surface area contributed by atoms with Crippen molar-refractivity contribution in [3.8, 4) is 0 Å². The molecule has 0 saturated carbocycles. The summed E-state index contributed by atoms with van der Waals surface area (Å²) in [7, 11) is 19.1. The average Bonchev–Trinajstić information content (AvgIpc) is 1.70. The fourth-order valence-corrected chi connectivity index (χ4v) is 20.4. The van der Waals surface area contributed by atoms with Crippen LogP contribution in [0.2, 0.25) is 0 Å². The molecule has 9 amide bonds. The number of ether oxygens (including phenoxy) is 5. The summed E-state index contributed by atoms with van der Waals surface area (Å²) < 4.78 is 25.7. The van der Waals surface area contributed by atoms with E-state index in [1.807, 2.05) is 52.4 Å². The fraction of sp³-hybridized carbons (Fsp3) is 0.886. The normalized spacial score (nSPS) is 28.7. The van der Waals surface area contributed by atoms with Crippen molar-refractivity contribution < 1.29 is 57.2 Å². The lowest BCUT2D eigenvalue weighted by Gasteiger charge is -2.37. The van der Waals surface area contributed by atoms with Crippen LogP contribution in [0.3, 0.4) is 0 Å². The maximum Gasteiger partial charge on any atom is 0.410 e. The predicted octanol–water partition coefficient (Wildman–Crippen LogP) is 8.85. The number of hydrogen-bond donors (Lipinski definition) is 2. The van der Waals surface area contributed by atoms with Crippen LogP contribution in [0.25, 0.3) is 0 Å². The quantitative estimate of drug-likeness (QED) is 0.175. The van der Waals surface area contributed by atoms with Crippen molar-refractivity contribution in [2.45, 2.75) is 261 Å². The molecule has 17 heterocycles. The van der Waals surface area contributed by atoms with E-state index in [0.717, 1.165) is 227 Å². The van der Waals surface area contributed by atoms with Crippen LogP contribution in [-0.4, -0.2) is 448 Å². The number of piperidine rings is 8. The summed E-state index contributed by atoms with van der Waals surface area (Å²) in [4.78, 5) is 118. The highest BCUT2D eigenvalue weighted by atomic mass is 16.6. The number of rotatable bonds is 13. The van der Waals surface area contributed by atoms with Gasteiger partial charge in [-0.15, -0.1) is 0 Å². The Hall–Kier alpha value is -6.26. The Morgan fingerprint density at radius 1 is 0.367 bits per heavy atom. The van der Waals surface area contributed by atoms with E-state index in [9.17, 15) is 33.6 Å². The van der Waals surface area contributed by atoms with Crippen molar-refractivity contribution in [3.05, 3.63) is 18.0 Å². The molecule has 16 fully saturated rings. The van der Waals surface area contributed by atoms with Gasteiger partial charge in [0.25, 0.3) is 0 Å². The Morgan fingerprint density at radius 3 is 1.01 bits per heavy atom. The van der Waals surface area contributed by atoms with Gasteiger partial charge in [0.05, 0.1) is 41.9 Å². The minimum Gasteiger partial charge on any atom is -0.447 e. The van der Waals surface area contributed by atoms with Gasteiger partial charge in [-0.3, -0.25) is 34.5 Å². The third kappa shape index (κ3) is 26.7. The summed E-state index contributed by atoms with van der Waals surface area (Å²) >= 11 is 0. The zero-order valence-corrected chi connectivity index (χ0v) is 76.9. The minimum absolute atomic E-state index is 0.101. The summed E-state index contributed by atoms with van der Waals surface area (Å²) in [6.07, 6.45) is 23.9. The number of urea groups is 2. The third-order valence-electron chi connectivity index (χ3n) is 28.6. The van der Waals surface area contributed by atoms with Gasteiger partial charge in [-0.05, 0) is 321 Å². The van der Waals surface area contributed by atoms with E-state index in [-0.39, 0.29) is 60.7 Å². The number of likely N-dealkylation sites (tertiary alicyclic amines) is 9. The average molecular weight is 1690 g/mol. The molecule has 0 radical (unpaired) electrons. The highest BCUT2D eigenvalue weighted by Gasteiger charge is 2.45. The summed E-state index contributed by atoms with van der Waals surface area (Å²) in [5.74, 6) is 0.956. The summed E-state index contributed by atoms with van der Waals surface area (Å²) in [5.41, 5.74) is 1.31. The van der Waals surface area contributed by atoms with E-state index >= 15 is 0 Å². The topological polar surface area (TPSA) is 261 Å². The van der Waals surface area contributed by atoms with E-state index < -0.39 is 0 Å². The second-order valence-corrected chi connectivity index (χ2v) is 38.0. The van der Waals surface area contributed by atoms with E-state index in [0.29, 0.717) is 105 Å². The maximum atomic E-state index is 11.8. The molecule has 1 unspecified atom stereocenters. The van der Waals surface area contributed by atoms with Gasteiger partial charge in [-0.25, -0.2) is 33.6 Å². The lowest BCUT2D eigenvalue weighted by Crippen LogP contribution is -2.49. The first-order valence-electron chi connectivity index (χ1n) is 46.7. The van der Waals surface area contributed by atoms with Gasteiger partial charge >= 0.3 is 42.5 Å². The van der Waals surface area contributed by atoms with Gasteiger partial charge in [0, 0.05) is 87.8 Å². The van der Waals surface area contributed by atoms with E-state index in [2.05, 4.69) is 171 Å². The number of aromatic nitrogens is 2. The van der Waals surface area contributed by atoms with Crippen molar-refractivity contribution in [1.29, 1.82) is 0 Å². The van der Waals surface area contributed by atoms with Crippen LogP contribution in [0.4, 0.5) is 33.6 Å². The molecular weight excluding hydrogens is 1530 g/mol. The molecule has 0 aliphatic carbocycles. The number of H-pyrrole nitrogens is 1. The molecule has 120 heavy (non-hydrogen) atoms. The predicted molar refractivity (Wildman–Crippen MR) is 467 cm³/mol. The lowest BCUT2D eigenvalue weighted by atomic mass is 9.98. The minimum atomic E-state index is -0.118. The molecule has 17 rings (SSSR count). The number of amides is 9. The van der Waals surface area contributed by atoms with Crippen LogP contribution in [0, 0.1) is 11.8 Å². The van der Waals surface area contributed by atoms with Gasteiger partial charge in [0.15, 0.2) is 0 Å². The Labute approximate surface area is 720 Å². The second kappa shape index (κ2) is 47.2. The van der Waals surface area contributed by atoms with Gasteiger partial charge in [-0.2, -0.15) is 5.10 Å². The third-order valence-corrected chi connectivity index (χ3v) is 28.6. The SMILES string of the molecule is CC(C)[C@@H]1COC(=O)N1C1CCN(C)CC1.CC(C)[C@H]1COC(=O)N1C1CCN(C)CC1.CC[C@@H]1COC(=O)N1C1CCN(C)CC1.CC[C@H]1COC(=O)N1C1CCN(C)CC1.CN1CCC(N2CCCC2c2ccn[nH]2)CC1.CN1CCC(N2CCN(C)C2=O)CC1.CN1CCC(N2CCNC2=O)CC1.C[C@H]1COC(=O)N1C1CCN(C)CC1. The first kappa shape index (κ1) is 96.0.